The van der Waals surface area contributed by atoms with Gasteiger partial charge in [-0.05, 0) is 37.6 Å². The Hall–Kier alpha value is -2.34. The van der Waals surface area contributed by atoms with Gasteiger partial charge in [0.25, 0.3) is 5.91 Å². The van der Waals surface area contributed by atoms with Crippen LogP contribution in [0, 0.1) is 19.7 Å². The molecule has 7 heteroatoms. The number of aromatic carboxylic acids is 1. The van der Waals surface area contributed by atoms with Gasteiger partial charge in [0, 0.05) is 11.4 Å². The van der Waals surface area contributed by atoms with Gasteiger partial charge in [-0.2, -0.15) is 0 Å². The monoisotopic (exact) mass is 310 g/mol. The number of aromatic nitrogens is 1. The minimum atomic E-state index is -1.14. The molecule has 0 saturated carbocycles. The summed E-state index contributed by atoms with van der Waals surface area (Å²) < 4.78 is 13.1. The molecule has 0 bridgehead atoms. The number of carbonyl (C=O) groups excluding carboxylic acids is 1. The summed E-state index contributed by atoms with van der Waals surface area (Å²) in [6, 6.07) is 3.79. The summed E-state index contributed by atoms with van der Waals surface area (Å²) in [5.41, 5.74) is 1.31. The Morgan fingerprint density at radius 1 is 1.33 bits per heavy atom. The molecule has 0 spiro atoms. The van der Waals surface area contributed by atoms with E-state index in [-0.39, 0.29) is 16.3 Å². The van der Waals surface area contributed by atoms with Gasteiger partial charge in [0.1, 0.15) is 11.5 Å². The first-order chi connectivity index (χ1) is 9.81. The molecule has 1 aromatic heterocycles. The van der Waals surface area contributed by atoms with Crippen LogP contribution in [0.1, 0.15) is 32.1 Å². The standard InChI is InChI=1S/C14H12ClFN2O3/c1-6-11(7(2)17-12(6)14(20)21)13(19)18-8-3-4-10(16)9(15)5-8/h3-5,17H,1-2H3,(H,18,19)(H,20,21). The molecule has 0 aliphatic carbocycles. The van der Waals surface area contributed by atoms with Crippen LogP contribution >= 0.6 is 11.6 Å². The molecule has 5 nitrogen and oxygen atoms in total. The average Bonchev–Trinajstić information content (AvgIpc) is 2.69. The number of benzene rings is 1. The topological polar surface area (TPSA) is 82.2 Å². The van der Waals surface area contributed by atoms with Crippen molar-refractivity contribution < 1.29 is 19.1 Å². The van der Waals surface area contributed by atoms with Crippen molar-refractivity contribution >= 4 is 29.2 Å². The van der Waals surface area contributed by atoms with Crippen LogP contribution < -0.4 is 5.32 Å². The second-order valence-corrected chi connectivity index (χ2v) is 4.92. The van der Waals surface area contributed by atoms with Gasteiger partial charge < -0.3 is 15.4 Å². The van der Waals surface area contributed by atoms with Gasteiger partial charge >= 0.3 is 5.97 Å². The van der Waals surface area contributed by atoms with E-state index in [2.05, 4.69) is 10.3 Å². The Labute approximate surface area is 124 Å². The van der Waals surface area contributed by atoms with Crippen LogP contribution in [0.3, 0.4) is 0 Å². The van der Waals surface area contributed by atoms with E-state index in [4.69, 9.17) is 16.7 Å². The number of rotatable bonds is 3. The van der Waals surface area contributed by atoms with Gasteiger partial charge in [0.05, 0.1) is 10.6 Å². The number of halogens is 2. The van der Waals surface area contributed by atoms with Crippen LogP contribution in [-0.2, 0) is 0 Å². The zero-order valence-electron chi connectivity index (χ0n) is 11.3. The number of anilines is 1. The maximum atomic E-state index is 13.1. The molecule has 0 aliphatic rings. The number of amides is 1. The van der Waals surface area contributed by atoms with Crippen molar-refractivity contribution in [2.45, 2.75) is 13.8 Å². The number of carboxylic acids is 1. The molecule has 0 fully saturated rings. The lowest BCUT2D eigenvalue weighted by Gasteiger charge is -2.07. The lowest BCUT2D eigenvalue weighted by molar-refractivity contribution is 0.0690. The van der Waals surface area contributed by atoms with Gasteiger partial charge in [-0.15, -0.1) is 0 Å². The molecule has 0 aliphatic heterocycles. The molecular weight excluding hydrogens is 299 g/mol. The predicted octanol–water partition coefficient (Wildman–Crippen LogP) is 3.37. The smallest absolute Gasteiger partial charge is 0.352 e. The van der Waals surface area contributed by atoms with Gasteiger partial charge in [-0.1, -0.05) is 11.6 Å². The van der Waals surface area contributed by atoms with E-state index < -0.39 is 17.7 Å². The zero-order valence-corrected chi connectivity index (χ0v) is 12.0. The van der Waals surface area contributed by atoms with Gasteiger partial charge in [0.2, 0.25) is 0 Å². The van der Waals surface area contributed by atoms with E-state index in [1.807, 2.05) is 0 Å². The number of hydrogen-bond acceptors (Lipinski definition) is 2. The summed E-state index contributed by atoms with van der Waals surface area (Å²) in [5, 5.41) is 11.5. The molecule has 2 aromatic rings. The number of hydrogen-bond donors (Lipinski definition) is 3. The number of aryl methyl sites for hydroxylation is 1. The third-order valence-electron chi connectivity index (χ3n) is 3.06. The van der Waals surface area contributed by atoms with Crippen LogP contribution in [0.25, 0.3) is 0 Å². The van der Waals surface area contributed by atoms with E-state index in [9.17, 15) is 14.0 Å². The molecule has 110 valence electrons. The summed E-state index contributed by atoms with van der Waals surface area (Å²) in [5.74, 6) is -2.22. The molecule has 0 saturated heterocycles. The Balaban J connectivity index is 2.32. The van der Waals surface area contributed by atoms with E-state index in [1.54, 1.807) is 13.8 Å². The lowest BCUT2D eigenvalue weighted by Crippen LogP contribution is -2.14. The van der Waals surface area contributed by atoms with Gasteiger partial charge in [-0.3, -0.25) is 4.79 Å². The predicted molar refractivity (Wildman–Crippen MR) is 76.6 cm³/mol. The largest absolute Gasteiger partial charge is 0.477 e. The quantitative estimate of drug-likeness (QED) is 0.813. The number of carboxylic acid groups (broad SMARTS) is 1. The second kappa shape index (κ2) is 5.57. The molecule has 1 amide bonds. The maximum absolute atomic E-state index is 13.1. The number of carbonyl (C=O) groups is 2. The normalized spacial score (nSPS) is 10.5. The highest BCUT2D eigenvalue weighted by molar-refractivity contribution is 6.31. The first-order valence-electron chi connectivity index (χ1n) is 6.00. The molecule has 21 heavy (non-hydrogen) atoms. The number of aromatic amines is 1. The number of nitrogens with one attached hydrogen (secondary N) is 2. The van der Waals surface area contributed by atoms with Crippen molar-refractivity contribution in [2.24, 2.45) is 0 Å². The highest BCUT2D eigenvalue weighted by atomic mass is 35.5. The highest BCUT2D eigenvalue weighted by Crippen LogP contribution is 2.22. The summed E-state index contributed by atoms with van der Waals surface area (Å²) in [4.78, 5) is 25.9. The zero-order chi connectivity index (χ0) is 15.7. The van der Waals surface area contributed by atoms with Crippen molar-refractivity contribution in [3.63, 3.8) is 0 Å². The summed E-state index contributed by atoms with van der Waals surface area (Å²) in [6.07, 6.45) is 0. The summed E-state index contributed by atoms with van der Waals surface area (Å²) >= 11 is 5.64. The van der Waals surface area contributed by atoms with Crippen LogP contribution in [0.15, 0.2) is 18.2 Å². The van der Waals surface area contributed by atoms with Crippen LogP contribution in [0.2, 0.25) is 5.02 Å². The van der Waals surface area contributed by atoms with Crippen molar-refractivity contribution in [2.75, 3.05) is 5.32 Å². The van der Waals surface area contributed by atoms with E-state index in [0.29, 0.717) is 16.9 Å². The fourth-order valence-corrected chi connectivity index (χ4v) is 2.25. The first-order valence-corrected chi connectivity index (χ1v) is 6.38. The Bertz CT molecular complexity index is 740. The van der Waals surface area contributed by atoms with E-state index >= 15 is 0 Å². The van der Waals surface area contributed by atoms with E-state index in [1.165, 1.54) is 12.1 Å². The second-order valence-electron chi connectivity index (χ2n) is 4.51. The van der Waals surface area contributed by atoms with Crippen LogP contribution in [0.5, 0.6) is 0 Å². The van der Waals surface area contributed by atoms with Crippen molar-refractivity contribution in [1.29, 1.82) is 0 Å². The maximum Gasteiger partial charge on any atom is 0.352 e. The van der Waals surface area contributed by atoms with Crippen molar-refractivity contribution in [1.82, 2.24) is 4.98 Å². The van der Waals surface area contributed by atoms with Crippen LogP contribution in [0.4, 0.5) is 10.1 Å². The molecule has 0 unspecified atom stereocenters. The lowest BCUT2D eigenvalue weighted by atomic mass is 10.1. The molecule has 0 radical (unpaired) electrons. The van der Waals surface area contributed by atoms with Crippen molar-refractivity contribution in [3.05, 3.63) is 51.6 Å². The highest BCUT2D eigenvalue weighted by Gasteiger charge is 2.21. The molecular formula is C14H12ClFN2O3. The fourth-order valence-electron chi connectivity index (χ4n) is 2.07. The van der Waals surface area contributed by atoms with E-state index in [0.717, 1.165) is 6.07 Å². The summed E-state index contributed by atoms with van der Waals surface area (Å²) in [7, 11) is 0. The summed E-state index contributed by atoms with van der Waals surface area (Å²) in [6.45, 7) is 3.14. The fraction of sp³-hybridized carbons (Fsp3) is 0.143. The van der Waals surface area contributed by atoms with Crippen molar-refractivity contribution in [3.8, 4) is 0 Å². The minimum Gasteiger partial charge on any atom is -0.477 e. The SMILES string of the molecule is Cc1[nH]c(C(=O)O)c(C)c1C(=O)Nc1ccc(F)c(Cl)c1. The molecule has 1 heterocycles. The Morgan fingerprint density at radius 3 is 2.52 bits per heavy atom. The minimum absolute atomic E-state index is 0.0326. The molecule has 3 N–H and O–H groups in total. The molecule has 2 rings (SSSR count). The molecule has 0 atom stereocenters. The third-order valence-corrected chi connectivity index (χ3v) is 3.35. The Morgan fingerprint density at radius 2 is 2.00 bits per heavy atom. The first kappa shape index (κ1) is 15.1. The average molecular weight is 311 g/mol. The number of H-pyrrole nitrogens is 1. The van der Waals surface area contributed by atoms with Gasteiger partial charge in [-0.25, -0.2) is 9.18 Å². The van der Waals surface area contributed by atoms with Crippen LogP contribution in [-0.4, -0.2) is 22.0 Å². The Kier molecular flexibility index (Phi) is 3.99. The third kappa shape index (κ3) is 2.90. The molecule has 1 aromatic carbocycles. The van der Waals surface area contributed by atoms with Gasteiger partial charge in [0.15, 0.2) is 0 Å².